The highest BCUT2D eigenvalue weighted by atomic mass is 32.2. The predicted octanol–water partition coefficient (Wildman–Crippen LogP) is 2.05. The van der Waals surface area contributed by atoms with E-state index in [-0.39, 0.29) is 4.90 Å². The van der Waals surface area contributed by atoms with E-state index >= 15 is 0 Å². The third-order valence-corrected chi connectivity index (χ3v) is 6.31. The Morgan fingerprint density at radius 2 is 1.68 bits per heavy atom. The zero-order chi connectivity index (χ0) is 20.1. The Morgan fingerprint density at radius 1 is 1.07 bits per heavy atom. The first-order valence-electron chi connectivity index (χ1n) is 8.90. The van der Waals surface area contributed by atoms with Gasteiger partial charge in [-0.3, -0.25) is 9.78 Å². The summed E-state index contributed by atoms with van der Waals surface area (Å²) in [6, 6.07) is 8.92. The molecule has 1 aliphatic heterocycles. The second-order valence-corrected chi connectivity index (χ2v) is 8.35. The molecular weight excluding hydrogens is 382 g/mol. The first-order valence-corrected chi connectivity index (χ1v) is 10.3. The number of nitrogens with one attached hydrogen (secondary N) is 1. The third-order valence-electron chi connectivity index (χ3n) is 4.39. The largest absolute Gasteiger partial charge is 0.449 e. The molecule has 0 radical (unpaired) electrons. The molecule has 1 atom stereocenters. The summed E-state index contributed by atoms with van der Waals surface area (Å²) in [7, 11) is -3.50. The van der Waals surface area contributed by atoms with Gasteiger partial charge in [0.2, 0.25) is 10.0 Å². The first kappa shape index (κ1) is 20.0. The van der Waals surface area contributed by atoms with Crippen LogP contribution in [0.5, 0.6) is 0 Å². The number of carbonyl (C=O) groups is 2. The van der Waals surface area contributed by atoms with Crippen LogP contribution in [0.1, 0.15) is 30.1 Å². The topological polar surface area (TPSA) is 106 Å². The minimum absolute atomic E-state index is 0.185. The molecule has 2 aromatic rings. The van der Waals surface area contributed by atoms with Crippen molar-refractivity contribution in [2.75, 3.05) is 18.4 Å². The molecule has 1 aromatic carbocycles. The fourth-order valence-electron chi connectivity index (χ4n) is 2.80. The molecule has 1 fully saturated rings. The van der Waals surface area contributed by atoms with Crippen LogP contribution in [0, 0.1) is 0 Å². The van der Waals surface area contributed by atoms with Crippen molar-refractivity contribution in [1.29, 1.82) is 0 Å². The summed E-state index contributed by atoms with van der Waals surface area (Å²) in [5.74, 6) is -1.14. The molecule has 0 unspecified atom stereocenters. The Hall–Kier alpha value is -2.78. The van der Waals surface area contributed by atoms with Gasteiger partial charge in [0.25, 0.3) is 5.91 Å². The fraction of sp³-hybridized carbons (Fsp3) is 0.316. The Bertz CT molecular complexity index is 939. The van der Waals surface area contributed by atoms with E-state index in [0.717, 1.165) is 12.8 Å². The van der Waals surface area contributed by atoms with Crippen molar-refractivity contribution in [3.8, 4) is 0 Å². The number of carbonyl (C=O) groups excluding carboxylic acids is 2. The van der Waals surface area contributed by atoms with Crippen LogP contribution >= 0.6 is 0 Å². The molecular formula is C19H21N3O5S. The number of nitrogens with zero attached hydrogens (tertiary/aromatic N) is 2. The molecule has 1 amide bonds. The summed E-state index contributed by atoms with van der Waals surface area (Å²) >= 11 is 0. The maximum Gasteiger partial charge on any atom is 0.339 e. The number of anilines is 1. The molecule has 28 heavy (non-hydrogen) atoms. The highest BCUT2D eigenvalue weighted by Gasteiger charge is 2.27. The zero-order valence-corrected chi connectivity index (χ0v) is 16.2. The van der Waals surface area contributed by atoms with Gasteiger partial charge in [-0.05, 0) is 56.2 Å². The van der Waals surface area contributed by atoms with Crippen molar-refractivity contribution in [2.45, 2.75) is 30.8 Å². The quantitative estimate of drug-likeness (QED) is 0.740. The van der Waals surface area contributed by atoms with Crippen LogP contribution < -0.4 is 5.32 Å². The van der Waals surface area contributed by atoms with Crippen LogP contribution in [-0.4, -0.2) is 48.8 Å². The minimum Gasteiger partial charge on any atom is -0.449 e. The molecule has 148 valence electrons. The molecule has 0 spiro atoms. The molecule has 1 aliphatic rings. The van der Waals surface area contributed by atoms with Crippen LogP contribution in [0.25, 0.3) is 0 Å². The summed E-state index contributed by atoms with van der Waals surface area (Å²) < 4.78 is 31.6. The normalized spacial score (nSPS) is 15.8. The van der Waals surface area contributed by atoms with E-state index in [1.165, 1.54) is 60.0 Å². The Labute approximate surface area is 163 Å². The summed E-state index contributed by atoms with van der Waals surface area (Å²) in [5, 5.41) is 2.61. The lowest BCUT2D eigenvalue weighted by atomic mass is 10.2. The van der Waals surface area contributed by atoms with Gasteiger partial charge >= 0.3 is 5.97 Å². The van der Waals surface area contributed by atoms with Crippen LogP contribution in [0.3, 0.4) is 0 Å². The Morgan fingerprint density at radius 3 is 2.29 bits per heavy atom. The van der Waals surface area contributed by atoms with E-state index < -0.39 is 28.0 Å². The number of rotatable bonds is 6. The standard InChI is InChI=1S/C19H21N3O5S/c1-14(27-19(24)15-8-10-20-11-9-15)18(23)21-16-4-6-17(7-5-16)28(25,26)22-12-2-3-13-22/h4-11,14H,2-3,12-13H2,1H3,(H,21,23)/t14-/m0/s1. The number of hydrogen-bond donors (Lipinski definition) is 1. The third kappa shape index (κ3) is 4.55. The van der Waals surface area contributed by atoms with Crippen molar-refractivity contribution >= 4 is 27.6 Å². The lowest BCUT2D eigenvalue weighted by Crippen LogP contribution is -2.30. The SMILES string of the molecule is C[C@H](OC(=O)c1ccncc1)C(=O)Nc1ccc(S(=O)(=O)N2CCCC2)cc1. The number of ether oxygens (including phenoxy) is 1. The van der Waals surface area contributed by atoms with Gasteiger partial charge in [0.1, 0.15) is 0 Å². The molecule has 0 aliphatic carbocycles. The maximum atomic E-state index is 12.5. The monoisotopic (exact) mass is 403 g/mol. The molecule has 1 aromatic heterocycles. The second kappa shape index (κ2) is 8.49. The lowest BCUT2D eigenvalue weighted by Gasteiger charge is -2.16. The summed E-state index contributed by atoms with van der Waals surface area (Å²) in [5.41, 5.74) is 0.711. The number of pyridine rings is 1. The van der Waals surface area contributed by atoms with E-state index in [9.17, 15) is 18.0 Å². The van der Waals surface area contributed by atoms with Crippen molar-refractivity contribution < 1.29 is 22.7 Å². The van der Waals surface area contributed by atoms with Crippen LogP contribution in [0.4, 0.5) is 5.69 Å². The molecule has 9 heteroatoms. The number of aromatic nitrogens is 1. The van der Waals surface area contributed by atoms with Crippen LogP contribution in [0.15, 0.2) is 53.7 Å². The summed E-state index contributed by atoms with van der Waals surface area (Å²) in [4.78, 5) is 28.2. The Balaban J connectivity index is 1.60. The molecule has 8 nitrogen and oxygen atoms in total. The zero-order valence-electron chi connectivity index (χ0n) is 15.4. The summed E-state index contributed by atoms with van der Waals surface area (Å²) in [6.07, 6.45) is 3.62. The number of hydrogen-bond acceptors (Lipinski definition) is 6. The second-order valence-electron chi connectivity index (χ2n) is 6.41. The van der Waals surface area contributed by atoms with Crippen molar-refractivity contribution in [3.63, 3.8) is 0 Å². The van der Waals surface area contributed by atoms with Crippen molar-refractivity contribution in [1.82, 2.24) is 9.29 Å². The van der Waals surface area contributed by atoms with E-state index in [2.05, 4.69) is 10.3 Å². The molecule has 3 rings (SSSR count). The van der Waals surface area contributed by atoms with Crippen LogP contribution in [-0.2, 0) is 19.6 Å². The van der Waals surface area contributed by atoms with Crippen LogP contribution in [0.2, 0.25) is 0 Å². The van der Waals surface area contributed by atoms with Gasteiger partial charge in [-0.2, -0.15) is 4.31 Å². The highest BCUT2D eigenvalue weighted by Crippen LogP contribution is 2.22. The first-order chi connectivity index (χ1) is 13.4. The summed E-state index contributed by atoms with van der Waals surface area (Å²) in [6.45, 7) is 2.52. The molecule has 1 saturated heterocycles. The van der Waals surface area contributed by atoms with Gasteiger partial charge in [0.05, 0.1) is 10.5 Å². The molecule has 0 saturated carbocycles. The van der Waals surface area contributed by atoms with E-state index in [0.29, 0.717) is 24.3 Å². The van der Waals surface area contributed by atoms with E-state index in [4.69, 9.17) is 4.74 Å². The van der Waals surface area contributed by atoms with Gasteiger partial charge in [-0.1, -0.05) is 0 Å². The van der Waals surface area contributed by atoms with Crippen molar-refractivity contribution in [3.05, 3.63) is 54.4 Å². The number of sulfonamides is 1. The maximum absolute atomic E-state index is 12.5. The predicted molar refractivity (Wildman–Crippen MR) is 102 cm³/mol. The highest BCUT2D eigenvalue weighted by molar-refractivity contribution is 7.89. The average Bonchev–Trinajstić information content (AvgIpc) is 3.25. The van der Waals surface area contributed by atoms with Gasteiger partial charge in [-0.15, -0.1) is 0 Å². The van der Waals surface area contributed by atoms with E-state index in [1.807, 2.05) is 0 Å². The number of benzene rings is 1. The van der Waals surface area contributed by atoms with Gasteiger partial charge < -0.3 is 10.1 Å². The molecule has 0 bridgehead atoms. The smallest absolute Gasteiger partial charge is 0.339 e. The molecule has 1 N–H and O–H groups in total. The van der Waals surface area contributed by atoms with E-state index in [1.54, 1.807) is 0 Å². The van der Waals surface area contributed by atoms with Crippen molar-refractivity contribution in [2.24, 2.45) is 0 Å². The Kier molecular flexibility index (Phi) is 6.05. The van der Waals surface area contributed by atoms with Gasteiger partial charge in [0, 0.05) is 31.2 Å². The lowest BCUT2D eigenvalue weighted by molar-refractivity contribution is -0.123. The number of amides is 1. The number of esters is 1. The van der Waals surface area contributed by atoms with Gasteiger partial charge in [0.15, 0.2) is 6.10 Å². The average molecular weight is 403 g/mol. The minimum atomic E-state index is -3.50. The fourth-order valence-corrected chi connectivity index (χ4v) is 4.32. The van der Waals surface area contributed by atoms with Gasteiger partial charge in [-0.25, -0.2) is 13.2 Å². The molecule has 2 heterocycles.